The Hall–Kier alpha value is -0.120. The Morgan fingerprint density at radius 2 is 2.38 bits per heavy atom. The highest BCUT2D eigenvalue weighted by Crippen LogP contribution is 2.16. The normalized spacial score (nSPS) is 37.6. The van der Waals surface area contributed by atoms with E-state index in [0.717, 1.165) is 26.3 Å². The molecule has 1 unspecified atom stereocenters. The van der Waals surface area contributed by atoms with Gasteiger partial charge in [0.05, 0.1) is 6.61 Å². The summed E-state index contributed by atoms with van der Waals surface area (Å²) in [6.45, 7) is 7.69. The zero-order chi connectivity index (χ0) is 9.10. The van der Waals surface area contributed by atoms with Gasteiger partial charge in [0.15, 0.2) is 0 Å². The van der Waals surface area contributed by atoms with Crippen LogP contribution in [0.25, 0.3) is 0 Å². The summed E-state index contributed by atoms with van der Waals surface area (Å²) in [4.78, 5) is 2.61. The Labute approximate surface area is 80.4 Å². The highest BCUT2D eigenvalue weighted by atomic mass is 16.5. The molecule has 0 aromatic carbocycles. The minimum absolute atomic E-state index is 0.681. The van der Waals surface area contributed by atoms with Gasteiger partial charge in [0, 0.05) is 38.3 Å². The van der Waals surface area contributed by atoms with Gasteiger partial charge in [-0.15, -0.1) is 0 Å². The van der Waals surface area contributed by atoms with Crippen LogP contribution in [0, 0.1) is 0 Å². The van der Waals surface area contributed by atoms with E-state index in [9.17, 15) is 0 Å². The number of rotatable bonds is 1. The van der Waals surface area contributed by atoms with Crippen LogP contribution in [0.3, 0.4) is 0 Å². The van der Waals surface area contributed by atoms with Crippen LogP contribution < -0.4 is 5.32 Å². The van der Waals surface area contributed by atoms with E-state index in [-0.39, 0.29) is 0 Å². The van der Waals surface area contributed by atoms with Crippen molar-refractivity contribution in [1.29, 1.82) is 0 Å². The minimum Gasteiger partial charge on any atom is -0.380 e. The van der Waals surface area contributed by atoms with Crippen molar-refractivity contribution in [2.75, 3.05) is 32.8 Å². The van der Waals surface area contributed by atoms with E-state index in [1.165, 1.54) is 19.4 Å². The highest BCUT2D eigenvalue weighted by Gasteiger charge is 2.27. The molecule has 2 fully saturated rings. The molecule has 0 spiro atoms. The highest BCUT2D eigenvalue weighted by molar-refractivity contribution is 4.83. The zero-order valence-corrected chi connectivity index (χ0v) is 8.46. The summed E-state index contributed by atoms with van der Waals surface area (Å²) in [5, 5.41) is 3.42. The summed E-state index contributed by atoms with van der Waals surface area (Å²) in [6, 6.07) is 1.37. The first-order chi connectivity index (χ1) is 6.38. The van der Waals surface area contributed by atoms with Gasteiger partial charge in [-0.05, 0) is 19.8 Å². The lowest BCUT2D eigenvalue weighted by Gasteiger charge is -2.41. The van der Waals surface area contributed by atoms with Gasteiger partial charge < -0.3 is 10.1 Å². The Morgan fingerprint density at radius 3 is 3.08 bits per heavy atom. The van der Waals surface area contributed by atoms with Crippen LogP contribution in [0.15, 0.2) is 0 Å². The molecule has 2 aliphatic rings. The minimum atomic E-state index is 0.681. The molecule has 0 bridgehead atoms. The first-order valence-electron chi connectivity index (χ1n) is 5.42. The van der Waals surface area contributed by atoms with E-state index in [1.807, 2.05) is 0 Å². The van der Waals surface area contributed by atoms with Gasteiger partial charge in [-0.25, -0.2) is 0 Å². The largest absolute Gasteiger partial charge is 0.380 e. The fraction of sp³-hybridized carbons (Fsp3) is 1.00. The number of hydrogen-bond donors (Lipinski definition) is 1. The molecule has 2 saturated heterocycles. The number of hydrogen-bond acceptors (Lipinski definition) is 3. The molecule has 2 aliphatic heterocycles. The van der Waals surface area contributed by atoms with Crippen LogP contribution in [0.2, 0.25) is 0 Å². The number of piperazine rings is 1. The summed E-state index contributed by atoms with van der Waals surface area (Å²) >= 11 is 0. The summed E-state index contributed by atoms with van der Waals surface area (Å²) in [6.07, 6.45) is 2.56. The van der Waals surface area contributed by atoms with E-state index in [2.05, 4.69) is 17.1 Å². The molecule has 0 saturated carbocycles. The van der Waals surface area contributed by atoms with Gasteiger partial charge in [0.25, 0.3) is 0 Å². The summed E-state index contributed by atoms with van der Waals surface area (Å²) in [7, 11) is 0. The number of nitrogens with one attached hydrogen (secondary N) is 1. The second kappa shape index (κ2) is 4.40. The zero-order valence-electron chi connectivity index (χ0n) is 8.46. The number of nitrogens with zero attached hydrogens (tertiary/aromatic N) is 1. The van der Waals surface area contributed by atoms with Crippen molar-refractivity contribution in [2.45, 2.75) is 31.8 Å². The molecule has 13 heavy (non-hydrogen) atoms. The van der Waals surface area contributed by atoms with Gasteiger partial charge in [0.1, 0.15) is 0 Å². The van der Waals surface area contributed by atoms with Crippen LogP contribution in [0.5, 0.6) is 0 Å². The smallest absolute Gasteiger partial charge is 0.0621 e. The van der Waals surface area contributed by atoms with Crippen LogP contribution in [0.1, 0.15) is 19.8 Å². The Balaban J connectivity index is 1.88. The average Bonchev–Trinajstić information content (AvgIpc) is 2.20. The van der Waals surface area contributed by atoms with E-state index in [0.29, 0.717) is 12.1 Å². The SMILES string of the molecule is C[C@H]1CNCCN1C1CCCOC1. The lowest BCUT2D eigenvalue weighted by molar-refractivity contribution is -0.00364. The van der Waals surface area contributed by atoms with Crippen LogP contribution in [-0.2, 0) is 4.74 Å². The molecule has 0 radical (unpaired) electrons. The van der Waals surface area contributed by atoms with Crippen LogP contribution >= 0.6 is 0 Å². The van der Waals surface area contributed by atoms with Crippen molar-refractivity contribution in [1.82, 2.24) is 10.2 Å². The van der Waals surface area contributed by atoms with E-state index >= 15 is 0 Å². The third kappa shape index (κ3) is 2.22. The molecule has 0 aromatic heterocycles. The standard InChI is InChI=1S/C10H20N2O/c1-9-7-11-4-5-12(9)10-3-2-6-13-8-10/h9-11H,2-8H2,1H3/t9-,10?/m0/s1. The molecule has 76 valence electrons. The lowest BCUT2D eigenvalue weighted by atomic mass is 10.1. The summed E-state index contributed by atoms with van der Waals surface area (Å²) in [5.74, 6) is 0. The van der Waals surface area contributed by atoms with Crippen LogP contribution in [-0.4, -0.2) is 49.8 Å². The molecule has 1 N–H and O–H groups in total. The second-order valence-corrected chi connectivity index (χ2v) is 4.16. The molecular formula is C10H20N2O. The summed E-state index contributed by atoms with van der Waals surface area (Å²) < 4.78 is 5.52. The molecule has 0 aliphatic carbocycles. The average molecular weight is 184 g/mol. The van der Waals surface area contributed by atoms with E-state index < -0.39 is 0 Å². The Bertz CT molecular complexity index is 157. The molecule has 0 aromatic rings. The van der Waals surface area contributed by atoms with Gasteiger partial charge in [-0.2, -0.15) is 0 Å². The Kier molecular flexibility index (Phi) is 3.19. The quantitative estimate of drug-likeness (QED) is 0.641. The molecule has 2 heterocycles. The molecule has 3 heteroatoms. The van der Waals surface area contributed by atoms with Crippen molar-refractivity contribution in [3.8, 4) is 0 Å². The van der Waals surface area contributed by atoms with Crippen molar-refractivity contribution >= 4 is 0 Å². The fourth-order valence-corrected chi connectivity index (χ4v) is 2.38. The maximum Gasteiger partial charge on any atom is 0.0621 e. The third-order valence-corrected chi connectivity index (χ3v) is 3.16. The fourth-order valence-electron chi connectivity index (χ4n) is 2.38. The van der Waals surface area contributed by atoms with Crippen molar-refractivity contribution in [3.63, 3.8) is 0 Å². The first-order valence-corrected chi connectivity index (χ1v) is 5.42. The second-order valence-electron chi connectivity index (χ2n) is 4.16. The maximum absolute atomic E-state index is 5.52. The predicted octanol–water partition coefficient (Wildman–Crippen LogP) is 0.459. The monoisotopic (exact) mass is 184 g/mol. The lowest BCUT2D eigenvalue weighted by Crippen LogP contribution is -2.55. The molecule has 2 rings (SSSR count). The van der Waals surface area contributed by atoms with Gasteiger partial charge in [0.2, 0.25) is 0 Å². The summed E-state index contributed by atoms with van der Waals surface area (Å²) in [5.41, 5.74) is 0. The Morgan fingerprint density at radius 1 is 1.46 bits per heavy atom. The van der Waals surface area contributed by atoms with Crippen molar-refractivity contribution < 1.29 is 4.74 Å². The van der Waals surface area contributed by atoms with Gasteiger partial charge >= 0.3 is 0 Å². The third-order valence-electron chi connectivity index (χ3n) is 3.16. The van der Waals surface area contributed by atoms with E-state index in [1.54, 1.807) is 0 Å². The molecule has 2 atom stereocenters. The maximum atomic E-state index is 5.52. The van der Waals surface area contributed by atoms with Crippen molar-refractivity contribution in [3.05, 3.63) is 0 Å². The first kappa shape index (κ1) is 9.44. The van der Waals surface area contributed by atoms with Crippen LogP contribution in [0.4, 0.5) is 0 Å². The molecular weight excluding hydrogens is 164 g/mol. The number of ether oxygens (including phenoxy) is 1. The van der Waals surface area contributed by atoms with Gasteiger partial charge in [-0.1, -0.05) is 0 Å². The predicted molar refractivity (Wildman–Crippen MR) is 52.9 cm³/mol. The topological polar surface area (TPSA) is 24.5 Å². The molecule has 3 nitrogen and oxygen atoms in total. The van der Waals surface area contributed by atoms with Crippen molar-refractivity contribution in [2.24, 2.45) is 0 Å². The van der Waals surface area contributed by atoms with Gasteiger partial charge in [-0.3, -0.25) is 4.90 Å². The van der Waals surface area contributed by atoms with E-state index in [4.69, 9.17) is 4.74 Å². The molecule has 0 amide bonds.